The van der Waals surface area contributed by atoms with Crippen molar-refractivity contribution in [3.05, 3.63) is 13.2 Å². The minimum atomic E-state index is -0.833. The molecule has 2 amide bonds. The molecule has 23 heavy (non-hydrogen) atoms. The van der Waals surface area contributed by atoms with Gasteiger partial charge in [-0.3, -0.25) is 10.6 Å². The van der Waals surface area contributed by atoms with Gasteiger partial charge < -0.3 is 31.2 Å². The van der Waals surface area contributed by atoms with Gasteiger partial charge in [0.15, 0.2) is 0 Å². The Bertz CT molecular complexity index is 272. The summed E-state index contributed by atoms with van der Waals surface area (Å²) in [5, 5.41) is 21.9. The molecule has 9 nitrogen and oxygen atoms in total. The number of carbonyl (C=O) groups is 1. The molecule has 2 aliphatic heterocycles. The third-order valence-electron chi connectivity index (χ3n) is 2.59. The first kappa shape index (κ1) is 24.0. The summed E-state index contributed by atoms with van der Waals surface area (Å²) in [5.41, 5.74) is 8.50. The second kappa shape index (κ2) is 15.7. The topological polar surface area (TPSA) is 152 Å². The SMILES string of the molecule is C=C.CC1CNC(CC2NCC(C)O2)O1.NC(N)=O.OCCO. The molecule has 0 spiro atoms. The molecule has 2 saturated heterocycles. The van der Waals surface area contributed by atoms with E-state index in [1.54, 1.807) is 0 Å². The van der Waals surface area contributed by atoms with Crippen LogP contribution in [0.4, 0.5) is 4.79 Å². The highest BCUT2D eigenvalue weighted by Crippen LogP contribution is 2.14. The standard InChI is InChI=1S/C9H18N2O2.C2H6O2.C2H4.CH4N2O/c1-6-4-10-8(12-6)3-9-11-5-7(2)13-9;3-1-2-4;1-2;2-1(3)4/h6-11H,3-5H2,1-2H3;3-4H,1-2H2;1-2H2;(H4,2,3,4). The number of rotatable bonds is 3. The number of nitrogens with two attached hydrogens (primary N) is 2. The number of hydrogen-bond acceptors (Lipinski definition) is 7. The number of urea groups is 1. The van der Waals surface area contributed by atoms with Gasteiger partial charge in [0.25, 0.3) is 0 Å². The fourth-order valence-electron chi connectivity index (χ4n) is 1.82. The summed E-state index contributed by atoms with van der Waals surface area (Å²) in [7, 11) is 0. The lowest BCUT2D eigenvalue weighted by Crippen LogP contribution is -2.33. The van der Waals surface area contributed by atoms with Gasteiger partial charge >= 0.3 is 6.03 Å². The molecule has 9 heteroatoms. The summed E-state index contributed by atoms with van der Waals surface area (Å²) in [5.74, 6) is 0. The van der Waals surface area contributed by atoms with Gasteiger partial charge in [0.1, 0.15) is 12.5 Å². The van der Waals surface area contributed by atoms with Crippen molar-refractivity contribution < 1.29 is 24.5 Å². The van der Waals surface area contributed by atoms with Gasteiger partial charge in [0.2, 0.25) is 0 Å². The van der Waals surface area contributed by atoms with E-state index in [2.05, 4.69) is 49.1 Å². The Hall–Kier alpha value is -1.23. The van der Waals surface area contributed by atoms with Crippen molar-refractivity contribution in [2.75, 3.05) is 26.3 Å². The molecule has 8 N–H and O–H groups in total. The van der Waals surface area contributed by atoms with E-state index >= 15 is 0 Å². The molecule has 2 aliphatic rings. The van der Waals surface area contributed by atoms with Crippen LogP contribution in [0.5, 0.6) is 0 Å². The molecule has 0 saturated carbocycles. The highest BCUT2D eigenvalue weighted by molar-refractivity contribution is 5.69. The first-order valence-electron chi connectivity index (χ1n) is 7.43. The van der Waals surface area contributed by atoms with Crippen molar-refractivity contribution in [3.63, 3.8) is 0 Å². The smallest absolute Gasteiger partial charge is 0.309 e. The molecule has 2 heterocycles. The second-order valence-corrected chi connectivity index (χ2v) is 4.77. The predicted molar refractivity (Wildman–Crippen MR) is 88.5 cm³/mol. The number of aliphatic hydroxyl groups is 2. The molecule has 0 radical (unpaired) electrons. The van der Waals surface area contributed by atoms with Crippen LogP contribution in [0.1, 0.15) is 20.3 Å². The first-order valence-corrected chi connectivity index (χ1v) is 7.43. The molecule has 0 aliphatic carbocycles. The van der Waals surface area contributed by atoms with Crippen LogP contribution < -0.4 is 22.1 Å². The fourth-order valence-corrected chi connectivity index (χ4v) is 1.82. The molecular weight excluding hydrogens is 304 g/mol. The van der Waals surface area contributed by atoms with E-state index in [0.29, 0.717) is 12.2 Å². The van der Waals surface area contributed by atoms with E-state index in [0.717, 1.165) is 19.5 Å². The van der Waals surface area contributed by atoms with E-state index in [4.69, 9.17) is 24.5 Å². The van der Waals surface area contributed by atoms with Gasteiger partial charge in [-0.2, -0.15) is 0 Å². The minimum absolute atomic E-state index is 0.125. The van der Waals surface area contributed by atoms with E-state index < -0.39 is 6.03 Å². The van der Waals surface area contributed by atoms with Crippen LogP contribution in [0.25, 0.3) is 0 Å². The monoisotopic (exact) mass is 336 g/mol. The Morgan fingerprint density at radius 1 is 1.04 bits per heavy atom. The van der Waals surface area contributed by atoms with Gasteiger partial charge in [-0.15, -0.1) is 13.2 Å². The predicted octanol–water partition coefficient (Wildman–Crippen LogP) is -1.16. The van der Waals surface area contributed by atoms with Crippen molar-refractivity contribution in [1.29, 1.82) is 0 Å². The molecule has 4 unspecified atom stereocenters. The lowest BCUT2D eigenvalue weighted by molar-refractivity contribution is -0.0153. The van der Waals surface area contributed by atoms with Crippen molar-refractivity contribution in [1.82, 2.24) is 10.6 Å². The van der Waals surface area contributed by atoms with Crippen molar-refractivity contribution in [3.8, 4) is 0 Å². The van der Waals surface area contributed by atoms with Crippen LogP contribution in [-0.2, 0) is 9.47 Å². The van der Waals surface area contributed by atoms with E-state index in [1.807, 2.05) is 0 Å². The van der Waals surface area contributed by atoms with Crippen molar-refractivity contribution >= 4 is 6.03 Å². The summed E-state index contributed by atoms with van der Waals surface area (Å²) < 4.78 is 11.3. The van der Waals surface area contributed by atoms with Crippen LogP contribution in [0, 0.1) is 0 Å². The normalized spacial score (nSPS) is 28.3. The molecule has 0 aromatic carbocycles. The van der Waals surface area contributed by atoms with E-state index in [-0.39, 0.29) is 25.7 Å². The molecule has 0 bridgehead atoms. The lowest BCUT2D eigenvalue weighted by Gasteiger charge is -2.16. The molecular formula is C14H32N4O5. The zero-order valence-corrected chi connectivity index (χ0v) is 14.0. The highest BCUT2D eigenvalue weighted by atomic mass is 16.5. The van der Waals surface area contributed by atoms with Crippen molar-refractivity contribution in [2.45, 2.75) is 44.9 Å². The number of hydrogen-bond donors (Lipinski definition) is 6. The summed E-state index contributed by atoms with van der Waals surface area (Å²) in [6, 6.07) is -0.833. The number of primary amides is 2. The third-order valence-corrected chi connectivity index (χ3v) is 2.59. The van der Waals surface area contributed by atoms with Gasteiger partial charge in [-0.05, 0) is 13.8 Å². The first-order chi connectivity index (χ1) is 10.9. The van der Waals surface area contributed by atoms with Gasteiger partial charge in [0.05, 0.1) is 25.4 Å². The maximum Gasteiger partial charge on any atom is 0.309 e. The van der Waals surface area contributed by atoms with Gasteiger partial charge in [0, 0.05) is 19.5 Å². The molecule has 4 atom stereocenters. The summed E-state index contributed by atoms with van der Waals surface area (Å²) in [6.45, 7) is 11.8. The Morgan fingerprint density at radius 3 is 1.52 bits per heavy atom. The third kappa shape index (κ3) is 15.4. The highest BCUT2D eigenvalue weighted by Gasteiger charge is 2.28. The quantitative estimate of drug-likeness (QED) is 0.356. The number of ether oxygens (including phenoxy) is 2. The zero-order chi connectivity index (χ0) is 18.3. The number of aliphatic hydroxyl groups excluding tert-OH is 2. The number of nitrogens with one attached hydrogen (secondary N) is 2. The Balaban J connectivity index is 0. The number of amides is 2. The number of carbonyl (C=O) groups excluding carboxylic acids is 1. The van der Waals surface area contributed by atoms with Gasteiger partial charge in [-0.25, -0.2) is 4.79 Å². The van der Waals surface area contributed by atoms with Crippen LogP contribution in [-0.4, -0.2) is 67.2 Å². The Kier molecular flexibility index (Phi) is 16.4. The molecule has 2 fully saturated rings. The maximum absolute atomic E-state index is 9.00. The second-order valence-electron chi connectivity index (χ2n) is 4.77. The van der Waals surface area contributed by atoms with Crippen LogP contribution in [0.15, 0.2) is 13.2 Å². The molecule has 138 valence electrons. The Morgan fingerprint density at radius 2 is 1.35 bits per heavy atom. The zero-order valence-electron chi connectivity index (χ0n) is 14.0. The van der Waals surface area contributed by atoms with Crippen LogP contribution in [0.2, 0.25) is 0 Å². The van der Waals surface area contributed by atoms with Crippen molar-refractivity contribution in [2.24, 2.45) is 11.5 Å². The molecule has 2 rings (SSSR count). The van der Waals surface area contributed by atoms with E-state index in [9.17, 15) is 0 Å². The fraction of sp³-hybridized carbons (Fsp3) is 0.786. The molecule has 0 aromatic rings. The average Bonchev–Trinajstić information content (AvgIpc) is 3.10. The summed E-state index contributed by atoms with van der Waals surface area (Å²) in [6.07, 6.45) is 1.90. The summed E-state index contributed by atoms with van der Waals surface area (Å²) in [4.78, 5) is 9.00. The summed E-state index contributed by atoms with van der Waals surface area (Å²) >= 11 is 0. The Labute approximate surface area is 138 Å². The lowest BCUT2D eigenvalue weighted by atomic mass is 10.3. The van der Waals surface area contributed by atoms with E-state index in [1.165, 1.54) is 0 Å². The largest absolute Gasteiger partial charge is 0.394 e. The molecule has 0 aromatic heterocycles. The van der Waals surface area contributed by atoms with Crippen LogP contribution >= 0.6 is 0 Å². The maximum atomic E-state index is 9.00. The van der Waals surface area contributed by atoms with Crippen LogP contribution in [0.3, 0.4) is 0 Å². The van der Waals surface area contributed by atoms with Gasteiger partial charge in [-0.1, -0.05) is 0 Å². The minimum Gasteiger partial charge on any atom is -0.394 e. The average molecular weight is 336 g/mol.